The summed E-state index contributed by atoms with van der Waals surface area (Å²) >= 11 is 0. The molecule has 0 radical (unpaired) electrons. The van der Waals surface area contributed by atoms with Gasteiger partial charge in [0.1, 0.15) is 11.2 Å². The zero-order valence-electron chi connectivity index (χ0n) is 18.4. The third-order valence-electron chi connectivity index (χ3n) is 4.06. The summed E-state index contributed by atoms with van der Waals surface area (Å²) in [5.74, 6) is 1.10. The highest BCUT2D eigenvalue weighted by atomic mass is 16.6. The molecule has 1 aliphatic carbocycles. The molecule has 0 unspecified atom stereocenters. The number of anilines is 1. The van der Waals surface area contributed by atoms with Gasteiger partial charge in [-0.15, -0.1) is 0 Å². The highest BCUT2D eigenvalue weighted by Crippen LogP contribution is 2.31. The molecule has 162 valence electrons. The van der Waals surface area contributed by atoms with Gasteiger partial charge in [0.05, 0.1) is 11.8 Å². The largest absolute Gasteiger partial charge is 0.443 e. The third kappa shape index (κ3) is 6.01. The molecule has 9 nitrogen and oxygen atoms in total. The number of hydrogen-bond donors (Lipinski definition) is 0. The van der Waals surface area contributed by atoms with E-state index in [0.29, 0.717) is 17.3 Å². The lowest BCUT2D eigenvalue weighted by molar-refractivity contribution is 0.0429. The molecule has 3 rings (SSSR count). The monoisotopic (exact) mass is 415 g/mol. The number of rotatable bonds is 4. The van der Waals surface area contributed by atoms with Crippen LogP contribution in [-0.4, -0.2) is 43.1 Å². The van der Waals surface area contributed by atoms with Crippen molar-refractivity contribution in [2.24, 2.45) is 5.92 Å². The number of hydrogen-bond acceptors (Lipinski definition) is 7. The Hall–Kier alpha value is -2.97. The summed E-state index contributed by atoms with van der Waals surface area (Å²) in [4.78, 5) is 35.1. The molecule has 1 saturated carbocycles. The quantitative estimate of drug-likeness (QED) is 0.728. The van der Waals surface area contributed by atoms with Crippen LogP contribution in [0.5, 0.6) is 0 Å². The third-order valence-corrected chi connectivity index (χ3v) is 4.06. The van der Waals surface area contributed by atoms with Gasteiger partial charge in [0, 0.05) is 25.0 Å². The first-order valence-corrected chi connectivity index (χ1v) is 10.0. The summed E-state index contributed by atoms with van der Waals surface area (Å²) in [6, 6.07) is 1.46. The SMILES string of the molecule is CC(C)(C)OC(=O)N(C(=O)OC(C)(C)C)c1ccnc(-c2cnn(CC3CC3)c2)n1. The second-order valence-corrected chi connectivity index (χ2v) is 9.43. The smallest absolute Gasteiger partial charge is 0.425 e. The van der Waals surface area contributed by atoms with Gasteiger partial charge in [-0.25, -0.2) is 19.6 Å². The summed E-state index contributed by atoms with van der Waals surface area (Å²) in [6.07, 6.45) is 5.73. The number of imide groups is 1. The van der Waals surface area contributed by atoms with Gasteiger partial charge in [-0.05, 0) is 60.3 Å². The maximum Gasteiger partial charge on any atom is 0.425 e. The number of aromatic nitrogens is 4. The summed E-state index contributed by atoms with van der Waals surface area (Å²) in [7, 11) is 0. The topological polar surface area (TPSA) is 99.4 Å². The Morgan fingerprint density at radius 3 is 2.23 bits per heavy atom. The van der Waals surface area contributed by atoms with Gasteiger partial charge in [-0.3, -0.25) is 4.68 Å². The molecule has 2 aromatic heterocycles. The number of carbonyl (C=O) groups excluding carboxylic acids is 2. The second kappa shape index (κ2) is 8.04. The lowest BCUT2D eigenvalue weighted by atomic mass is 10.2. The molecule has 0 spiro atoms. The van der Waals surface area contributed by atoms with Crippen molar-refractivity contribution in [3.63, 3.8) is 0 Å². The van der Waals surface area contributed by atoms with Crippen LogP contribution in [0.2, 0.25) is 0 Å². The molecule has 0 aromatic carbocycles. The first kappa shape index (κ1) is 21.7. The van der Waals surface area contributed by atoms with Gasteiger partial charge in [-0.2, -0.15) is 10.00 Å². The van der Waals surface area contributed by atoms with E-state index in [1.54, 1.807) is 47.7 Å². The first-order valence-electron chi connectivity index (χ1n) is 10.0. The van der Waals surface area contributed by atoms with E-state index < -0.39 is 23.4 Å². The van der Waals surface area contributed by atoms with Crippen LogP contribution in [0.3, 0.4) is 0 Å². The Bertz CT molecular complexity index is 894. The summed E-state index contributed by atoms with van der Waals surface area (Å²) in [5.41, 5.74) is -0.889. The van der Waals surface area contributed by atoms with E-state index in [-0.39, 0.29) is 5.82 Å². The molecule has 0 saturated heterocycles. The fourth-order valence-corrected chi connectivity index (χ4v) is 2.63. The number of carbonyl (C=O) groups is 2. The maximum absolute atomic E-state index is 12.8. The minimum Gasteiger partial charge on any atom is -0.443 e. The van der Waals surface area contributed by atoms with Gasteiger partial charge < -0.3 is 9.47 Å². The van der Waals surface area contributed by atoms with Crippen LogP contribution in [0.25, 0.3) is 11.4 Å². The molecule has 9 heteroatoms. The lowest BCUT2D eigenvalue weighted by Gasteiger charge is -2.28. The second-order valence-electron chi connectivity index (χ2n) is 9.43. The van der Waals surface area contributed by atoms with Crippen LogP contribution >= 0.6 is 0 Å². The fraction of sp³-hybridized carbons (Fsp3) is 0.571. The van der Waals surface area contributed by atoms with Gasteiger partial charge in [0.2, 0.25) is 0 Å². The van der Waals surface area contributed by atoms with Crippen LogP contribution < -0.4 is 4.90 Å². The Kier molecular flexibility index (Phi) is 5.83. The Labute approximate surface area is 176 Å². The molecule has 1 fully saturated rings. The molecule has 2 amide bonds. The van der Waals surface area contributed by atoms with Crippen molar-refractivity contribution in [2.75, 3.05) is 4.90 Å². The zero-order valence-corrected chi connectivity index (χ0v) is 18.4. The first-order chi connectivity index (χ1) is 13.9. The molecular formula is C21H29N5O4. The van der Waals surface area contributed by atoms with Gasteiger partial charge >= 0.3 is 12.2 Å². The van der Waals surface area contributed by atoms with E-state index in [0.717, 1.165) is 11.4 Å². The van der Waals surface area contributed by atoms with Gasteiger partial charge in [-0.1, -0.05) is 0 Å². The van der Waals surface area contributed by atoms with Crippen molar-refractivity contribution in [1.29, 1.82) is 0 Å². The number of ether oxygens (including phenoxy) is 2. The molecule has 1 aliphatic rings. The number of amides is 2. The Morgan fingerprint density at radius 2 is 1.70 bits per heavy atom. The average molecular weight is 415 g/mol. The van der Waals surface area contributed by atoms with Crippen molar-refractivity contribution in [3.8, 4) is 11.4 Å². The van der Waals surface area contributed by atoms with E-state index >= 15 is 0 Å². The van der Waals surface area contributed by atoms with E-state index in [2.05, 4.69) is 15.1 Å². The Morgan fingerprint density at radius 1 is 1.10 bits per heavy atom. The maximum atomic E-state index is 12.8. The molecule has 30 heavy (non-hydrogen) atoms. The van der Waals surface area contributed by atoms with Gasteiger partial charge in [0.25, 0.3) is 0 Å². The lowest BCUT2D eigenvalue weighted by Crippen LogP contribution is -2.44. The van der Waals surface area contributed by atoms with E-state index in [4.69, 9.17) is 9.47 Å². The van der Waals surface area contributed by atoms with Crippen molar-refractivity contribution in [1.82, 2.24) is 19.7 Å². The molecular weight excluding hydrogens is 386 g/mol. The molecule has 2 heterocycles. The van der Waals surface area contributed by atoms with Crippen LogP contribution in [0.15, 0.2) is 24.7 Å². The summed E-state index contributed by atoms with van der Waals surface area (Å²) < 4.78 is 12.7. The van der Waals surface area contributed by atoms with Crippen molar-refractivity contribution >= 4 is 18.0 Å². The summed E-state index contributed by atoms with van der Waals surface area (Å²) in [5, 5.41) is 4.35. The van der Waals surface area contributed by atoms with Gasteiger partial charge in [0.15, 0.2) is 11.6 Å². The van der Waals surface area contributed by atoms with Crippen molar-refractivity contribution in [2.45, 2.75) is 72.1 Å². The molecule has 0 aliphatic heterocycles. The molecule has 0 atom stereocenters. The zero-order chi connectivity index (χ0) is 22.1. The minimum atomic E-state index is -0.870. The van der Waals surface area contributed by atoms with E-state index in [1.807, 2.05) is 10.9 Å². The predicted molar refractivity (Wildman–Crippen MR) is 111 cm³/mol. The fourth-order valence-electron chi connectivity index (χ4n) is 2.63. The normalized spacial score (nSPS) is 14.3. The molecule has 0 bridgehead atoms. The molecule has 0 N–H and O–H groups in total. The van der Waals surface area contributed by atoms with Crippen LogP contribution in [0.1, 0.15) is 54.4 Å². The standard InChI is InChI=1S/C21H29N5O4/c1-20(2,3)29-18(27)26(19(28)30-21(4,5)6)16-9-10-22-17(24-16)15-11-23-25(13-15)12-14-7-8-14/h9-11,13-14H,7-8,12H2,1-6H3. The van der Waals surface area contributed by atoms with Crippen LogP contribution in [0.4, 0.5) is 15.4 Å². The highest BCUT2D eigenvalue weighted by Gasteiger charge is 2.34. The van der Waals surface area contributed by atoms with Crippen LogP contribution in [0, 0.1) is 5.92 Å². The summed E-state index contributed by atoms with van der Waals surface area (Å²) in [6.45, 7) is 11.2. The highest BCUT2D eigenvalue weighted by molar-refractivity contribution is 6.08. The van der Waals surface area contributed by atoms with E-state index in [9.17, 15) is 9.59 Å². The molecule has 2 aromatic rings. The average Bonchev–Trinajstić information content (AvgIpc) is 3.26. The van der Waals surface area contributed by atoms with Crippen LogP contribution in [-0.2, 0) is 16.0 Å². The minimum absolute atomic E-state index is 0.0680. The van der Waals surface area contributed by atoms with E-state index in [1.165, 1.54) is 25.1 Å². The Balaban J connectivity index is 1.90. The van der Waals surface area contributed by atoms with Crippen molar-refractivity contribution in [3.05, 3.63) is 24.7 Å². The predicted octanol–water partition coefficient (Wildman–Crippen LogP) is 4.43. The van der Waals surface area contributed by atoms with Crippen molar-refractivity contribution < 1.29 is 19.1 Å². The number of nitrogens with zero attached hydrogens (tertiary/aromatic N) is 5.